The first-order valence-corrected chi connectivity index (χ1v) is 22.9. The van der Waals surface area contributed by atoms with Gasteiger partial charge in [0.1, 0.15) is 0 Å². The van der Waals surface area contributed by atoms with Crippen LogP contribution in [-0.4, -0.2) is 0 Å². The summed E-state index contributed by atoms with van der Waals surface area (Å²) in [6, 6.07) is 72.0. The molecule has 0 radical (unpaired) electrons. The third-order valence-corrected chi connectivity index (χ3v) is 15.6. The number of nitrogens with zero attached hydrogens (tertiary/aromatic N) is 1. The summed E-state index contributed by atoms with van der Waals surface area (Å²) in [6.07, 6.45) is 0. The molecule has 1 spiro atoms. The van der Waals surface area contributed by atoms with Gasteiger partial charge in [-0.1, -0.05) is 184 Å². The van der Waals surface area contributed by atoms with E-state index in [0.29, 0.717) is 0 Å². The molecule has 0 atom stereocenters. The van der Waals surface area contributed by atoms with Crippen LogP contribution in [0.15, 0.2) is 188 Å². The van der Waals surface area contributed by atoms with E-state index in [1.54, 1.807) is 0 Å². The van der Waals surface area contributed by atoms with E-state index in [1.165, 1.54) is 123 Å². The number of hydrogen-bond acceptors (Lipinski definition) is 1. The normalized spacial score (nSPS) is 15.4. The van der Waals surface area contributed by atoms with Crippen molar-refractivity contribution in [2.45, 2.75) is 57.8 Å². The minimum absolute atomic E-state index is 0.110. The van der Waals surface area contributed by atoms with Crippen molar-refractivity contribution in [1.29, 1.82) is 0 Å². The third kappa shape index (κ3) is 4.85. The van der Waals surface area contributed by atoms with Crippen molar-refractivity contribution in [3.8, 4) is 55.6 Å². The summed E-state index contributed by atoms with van der Waals surface area (Å²) in [5.74, 6) is 0. The third-order valence-electron chi connectivity index (χ3n) is 15.6. The van der Waals surface area contributed by atoms with Crippen LogP contribution in [0.3, 0.4) is 0 Å². The van der Waals surface area contributed by atoms with E-state index in [1.807, 2.05) is 0 Å². The lowest BCUT2D eigenvalue weighted by Gasteiger charge is -2.31. The Morgan fingerprint density at radius 1 is 0.281 bits per heavy atom. The summed E-state index contributed by atoms with van der Waals surface area (Å²) in [7, 11) is 0. The second kappa shape index (κ2) is 12.9. The monoisotopic (exact) mass is 819 g/mol. The van der Waals surface area contributed by atoms with E-state index in [0.717, 1.165) is 5.69 Å². The highest BCUT2D eigenvalue weighted by atomic mass is 15.1. The Bertz CT molecular complexity index is 3310. The number of fused-ring (bicyclic) bond motifs is 16. The predicted molar refractivity (Wildman–Crippen MR) is 267 cm³/mol. The van der Waals surface area contributed by atoms with E-state index in [4.69, 9.17) is 0 Å². The average Bonchev–Trinajstić information content (AvgIpc) is 3.93. The first-order chi connectivity index (χ1) is 31.0. The first-order valence-electron chi connectivity index (χ1n) is 22.9. The summed E-state index contributed by atoms with van der Waals surface area (Å²) >= 11 is 0. The maximum absolute atomic E-state index is 2.51. The molecule has 0 aromatic heterocycles. The van der Waals surface area contributed by atoms with Gasteiger partial charge in [0.25, 0.3) is 0 Å². The first kappa shape index (κ1) is 37.3. The summed E-state index contributed by atoms with van der Waals surface area (Å²) < 4.78 is 0. The van der Waals surface area contributed by atoms with Gasteiger partial charge in [0.2, 0.25) is 0 Å². The summed E-state index contributed by atoms with van der Waals surface area (Å²) in [6.45, 7) is 14.0. The Morgan fingerprint density at radius 3 is 1.16 bits per heavy atom. The summed E-state index contributed by atoms with van der Waals surface area (Å²) in [4.78, 5) is 2.48. The number of benzene rings is 9. The van der Waals surface area contributed by atoms with E-state index >= 15 is 0 Å². The minimum Gasteiger partial charge on any atom is -0.310 e. The van der Waals surface area contributed by atoms with Crippen molar-refractivity contribution in [1.82, 2.24) is 0 Å². The van der Waals surface area contributed by atoms with Crippen LogP contribution in [0.2, 0.25) is 0 Å². The molecule has 0 fully saturated rings. The molecule has 306 valence electrons. The van der Waals surface area contributed by atoms with E-state index < -0.39 is 0 Å². The van der Waals surface area contributed by atoms with Crippen LogP contribution < -0.4 is 4.90 Å². The zero-order valence-electron chi connectivity index (χ0n) is 37.3. The average molecular weight is 820 g/mol. The van der Waals surface area contributed by atoms with Gasteiger partial charge in [-0.15, -0.1) is 0 Å². The Morgan fingerprint density at radius 2 is 0.641 bits per heavy atom. The number of hydrogen-bond donors (Lipinski definition) is 0. The minimum atomic E-state index is -0.386. The van der Waals surface area contributed by atoms with Gasteiger partial charge in [-0.2, -0.15) is 0 Å². The molecule has 1 heteroatoms. The lowest BCUT2D eigenvalue weighted by molar-refractivity contribution is 0.660. The van der Waals surface area contributed by atoms with E-state index in [-0.39, 0.29) is 16.2 Å². The molecule has 13 rings (SSSR count). The van der Waals surface area contributed by atoms with Gasteiger partial charge >= 0.3 is 0 Å². The van der Waals surface area contributed by atoms with Crippen LogP contribution in [0, 0.1) is 13.8 Å². The molecule has 64 heavy (non-hydrogen) atoms. The molecule has 0 amide bonds. The summed E-state index contributed by atoms with van der Waals surface area (Å²) in [5.41, 5.74) is 29.6. The molecule has 0 saturated carbocycles. The molecular weight excluding hydrogens is 771 g/mol. The fourth-order valence-electron chi connectivity index (χ4n) is 12.5. The molecule has 0 saturated heterocycles. The van der Waals surface area contributed by atoms with Crippen LogP contribution in [0.25, 0.3) is 55.6 Å². The quantitative estimate of drug-likeness (QED) is 0.171. The van der Waals surface area contributed by atoms with Crippen LogP contribution in [0.1, 0.15) is 83.3 Å². The Balaban J connectivity index is 0.964. The van der Waals surface area contributed by atoms with Crippen molar-refractivity contribution < 1.29 is 0 Å². The Hall–Kier alpha value is -7.22. The van der Waals surface area contributed by atoms with Gasteiger partial charge in [-0.05, 0) is 156 Å². The molecule has 1 nitrogen and oxygen atoms in total. The van der Waals surface area contributed by atoms with Crippen LogP contribution in [0.5, 0.6) is 0 Å². The fourth-order valence-corrected chi connectivity index (χ4v) is 12.5. The Labute approximate surface area is 377 Å². The zero-order chi connectivity index (χ0) is 43.3. The molecule has 4 aliphatic rings. The maximum Gasteiger partial charge on any atom is 0.0725 e. The fraction of sp³-hybridized carbons (Fsp3) is 0.143. The standard InChI is InChI=1S/C63H49N/c1-38-19-28-50-51-29-20-39(2)34-59(51)63(58(50)33-38)55-18-12-9-15-47(55)52-30-23-41(35-60(52)63)40-21-24-42(25-22-40)64(43-26-31-48-45-13-7-10-16-53(45)61(3,4)56(48)36-43)44-27-32-49-46-14-8-11-17-54(46)62(5,6)57(49)37-44/h7-37H,1-6H3. The SMILES string of the molecule is Cc1ccc2c(c1)C1(c3ccccc3-c3ccc(-c4ccc(N(c5ccc6c(c5)C(C)(C)c5ccccc5-6)c5ccc6c(c5)C(C)(C)c5ccccc5-6)cc4)cc31)c1cc(C)ccc1-2. The highest BCUT2D eigenvalue weighted by molar-refractivity contribution is 5.96. The molecule has 9 aromatic carbocycles. The van der Waals surface area contributed by atoms with E-state index in [9.17, 15) is 0 Å². The van der Waals surface area contributed by atoms with Gasteiger partial charge in [0.05, 0.1) is 5.41 Å². The second-order valence-corrected chi connectivity index (χ2v) is 19.8. The molecule has 0 N–H and O–H groups in total. The van der Waals surface area contributed by atoms with Crippen molar-refractivity contribution in [2.75, 3.05) is 4.90 Å². The highest BCUT2D eigenvalue weighted by Crippen LogP contribution is 2.63. The van der Waals surface area contributed by atoms with E-state index in [2.05, 4.69) is 234 Å². The van der Waals surface area contributed by atoms with Crippen molar-refractivity contribution in [2.24, 2.45) is 0 Å². The predicted octanol–water partition coefficient (Wildman–Crippen LogP) is 16.4. The van der Waals surface area contributed by atoms with Gasteiger partial charge in [0, 0.05) is 27.9 Å². The molecule has 9 aromatic rings. The second-order valence-electron chi connectivity index (χ2n) is 19.8. The highest BCUT2D eigenvalue weighted by Gasteiger charge is 2.52. The smallest absolute Gasteiger partial charge is 0.0725 e. The van der Waals surface area contributed by atoms with Gasteiger partial charge in [-0.25, -0.2) is 0 Å². The number of aryl methyl sites for hydroxylation is 2. The lowest BCUT2D eigenvalue weighted by Crippen LogP contribution is -2.26. The molecular formula is C63H49N. The Kier molecular flexibility index (Phi) is 7.54. The molecule has 0 heterocycles. The maximum atomic E-state index is 2.51. The van der Waals surface area contributed by atoms with Crippen LogP contribution in [-0.2, 0) is 16.2 Å². The molecule has 0 unspecified atom stereocenters. The largest absolute Gasteiger partial charge is 0.310 e. The van der Waals surface area contributed by atoms with Crippen LogP contribution in [0.4, 0.5) is 17.1 Å². The lowest BCUT2D eigenvalue weighted by atomic mass is 9.70. The van der Waals surface area contributed by atoms with Crippen molar-refractivity contribution >= 4 is 17.1 Å². The molecule has 0 bridgehead atoms. The topological polar surface area (TPSA) is 3.24 Å². The van der Waals surface area contributed by atoms with Crippen LogP contribution >= 0.6 is 0 Å². The number of anilines is 3. The number of rotatable bonds is 4. The molecule has 0 aliphatic heterocycles. The van der Waals surface area contributed by atoms with Gasteiger partial charge in [0.15, 0.2) is 0 Å². The molecule has 4 aliphatic carbocycles. The van der Waals surface area contributed by atoms with Crippen molar-refractivity contribution in [3.63, 3.8) is 0 Å². The summed E-state index contributed by atoms with van der Waals surface area (Å²) in [5, 5.41) is 0. The van der Waals surface area contributed by atoms with Gasteiger partial charge in [-0.3, -0.25) is 0 Å². The zero-order valence-corrected chi connectivity index (χ0v) is 37.3. The van der Waals surface area contributed by atoms with Crippen molar-refractivity contribution in [3.05, 3.63) is 244 Å². The van der Waals surface area contributed by atoms with Gasteiger partial charge < -0.3 is 4.90 Å².